The average molecular weight is 499 g/mol. The number of carboxylic acid groups (broad SMARTS) is 2. The number of hydrogen-bond donors (Lipinski definition) is 7. The molecular formula is C21H30N4O8S. The highest BCUT2D eigenvalue weighted by molar-refractivity contribution is 7.98. The molecule has 4 atom stereocenters. The van der Waals surface area contributed by atoms with Gasteiger partial charge in [-0.15, -0.1) is 0 Å². The van der Waals surface area contributed by atoms with E-state index in [0.29, 0.717) is 11.3 Å². The number of phenols is 1. The molecule has 12 nitrogen and oxygen atoms in total. The summed E-state index contributed by atoms with van der Waals surface area (Å²) in [6.07, 6.45) is 1.10. The molecule has 188 valence electrons. The SMILES string of the molecule is CSCCC(NC(=O)C(Cc1ccc(O)cc1)NC(=O)C(C)N)C(=O)NC(CC(=O)O)C(=O)O. The molecule has 4 unspecified atom stereocenters. The summed E-state index contributed by atoms with van der Waals surface area (Å²) in [5.41, 5.74) is 6.20. The second kappa shape index (κ2) is 14.1. The Hall–Kier alpha value is -3.32. The van der Waals surface area contributed by atoms with Crippen LogP contribution in [0.5, 0.6) is 5.75 Å². The van der Waals surface area contributed by atoms with Crippen molar-refractivity contribution < 1.29 is 39.3 Å². The molecule has 0 aliphatic heterocycles. The van der Waals surface area contributed by atoms with Crippen molar-refractivity contribution in [3.8, 4) is 5.75 Å². The largest absolute Gasteiger partial charge is 0.508 e. The molecule has 1 aromatic rings. The first kappa shape index (κ1) is 28.7. The highest BCUT2D eigenvalue weighted by Crippen LogP contribution is 2.12. The van der Waals surface area contributed by atoms with E-state index in [1.165, 1.54) is 30.8 Å². The molecule has 34 heavy (non-hydrogen) atoms. The van der Waals surface area contributed by atoms with Gasteiger partial charge in [0, 0.05) is 6.42 Å². The zero-order valence-electron chi connectivity index (χ0n) is 18.8. The second-order valence-electron chi connectivity index (χ2n) is 7.56. The summed E-state index contributed by atoms with van der Waals surface area (Å²) >= 11 is 1.39. The summed E-state index contributed by atoms with van der Waals surface area (Å²) in [5.74, 6) is -4.66. The van der Waals surface area contributed by atoms with E-state index in [4.69, 9.17) is 10.8 Å². The molecule has 13 heteroatoms. The third kappa shape index (κ3) is 10.1. The van der Waals surface area contributed by atoms with E-state index in [1.54, 1.807) is 18.4 Å². The number of nitrogens with two attached hydrogens (primary N) is 1. The number of phenolic OH excluding ortho intramolecular Hbond substituents is 1. The van der Waals surface area contributed by atoms with Crippen LogP contribution >= 0.6 is 11.8 Å². The van der Waals surface area contributed by atoms with Gasteiger partial charge in [0.1, 0.15) is 23.9 Å². The summed E-state index contributed by atoms with van der Waals surface area (Å²) in [4.78, 5) is 60.1. The number of hydrogen-bond acceptors (Lipinski definition) is 8. The molecule has 0 spiro atoms. The van der Waals surface area contributed by atoms with Gasteiger partial charge in [0.15, 0.2) is 0 Å². The third-order valence-electron chi connectivity index (χ3n) is 4.66. The number of rotatable bonds is 14. The number of carboxylic acids is 2. The van der Waals surface area contributed by atoms with Crippen molar-refractivity contribution in [2.45, 2.75) is 50.4 Å². The van der Waals surface area contributed by atoms with Crippen LogP contribution in [0.2, 0.25) is 0 Å². The Morgan fingerprint density at radius 1 is 0.912 bits per heavy atom. The molecule has 0 saturated heterocycles. The summed E-state index contributed by atoms with van der Waals surface area (Å²) in [6, 6.07) is 1.08. The van der Waals surface area contributed by atoms with Crippen molar-refractivity contribution in [1.82, 2.24) is 16.0 Å². The molecule has 0 bridgehead atoms. The Labute approximate surface area is 200 Å². The number of aromatic hydroxyl groups is 1. The normalized spacial score (nSPS) is 14.2. The van der Waals surface area contributed by atoms with Gasteiger partial charge in [-0.25, -0.2) is 4.79 Å². The Bertz CT molecular complexity index is 878. The van der Waals surface area contributed by atoms with E-state index >= 15 is 0 Å². The molecule has 0 radical (unpaired) electrons. The maximum absolute atomic E-state index is 13.0. The van der Waals surface area contributed by atoms with Gasteiger partial charge in [-0.3, -0.25) is 19.2 Å². The zero-order chi connectivity index (χ0) is 25.8. The Kier molecular flexibility index (Phi) is 11.9. The Morgan fingerprint density at radius 2 is 1.44 bits per heavy atom. The van der Waals surface area contributed by atoms with E-state index in [2.05, 4.69) is 16.0 Å². The van der Waals surface area contributed by atoms with Gasteiger partial charge in [-0.2, -0.15) is 11.8 Å². The monoisotopic (exact) mass is 498 g/mol. The van der Waals surface area contributed by atoms with E-state index in [-0.39, 0.29) is 18.6 Å². The van der Waals surface area contributed by atoms with Gasteiger partial charge in [-0.05, 0) is 43.0 Å². The zero-order valence-corrected chi connectivity index (χ0v) is 19.6. The molecule has 1 aromatic carbocycles. The van der Waals surface area contributed by atoms with Crippen LogP contribution in [0.1, 0.15) is 25.3 Å². The minimum Gasteiger partial charge on any atom is -0.508 e. The second-order valence-corrected chi connectivity index (χ2v) is 8.55. The maximum Gasteiger partial charge on any atom is 0.326 e. The van der Waals surface area contributed by atoms with Gasteiger partial charge in [0.2, 0.25) is 17.7 Å². The van der Waals surface area contributed by atoms with Crippen LogP contribution in [0.25, 0.3) is 0 Å². The number of benzene rings is 1. The lowest BCUT2D eigenvalue weighted by Crippen LogP contribution is -2.57. The number of carbonyl (C=O) groups excluding carboxylic acids is 3. The lowest BCUT2D eigenvalue weighted by Gasteiger charge is -2.25. The Balaban J connectivity index is 3.06. The number of thioether (sulfide) groups is 1. The van der Waals surface area contributed by atoms with Crippen molar-refractivity contribution in [2.24, 2.45) is 5.73 Å². The maximum atomic E-state index is 13.0. The van der Waals surface area contributed by atoms with Crippen LogP contribution in [-0.4, -0.2) is 81.2 Å². The first-order valence-corrected chi connectivity index (χ1v) is 11.7. The average Bonchev–Trinajstić information content (AvgIpc) is 2.76. The van der Waals surface area contributed by atoms with Gasteiger partial charge in [0.05, 0.1) is 12.5 Å². The van der Waals surface area contributed by atoms with E-state index < -0.39 is 60.2 Å². The molecule has 8 N–H and O–H groups in total. The molecule has 3 amide bonds. The quantitative estimate of drug-likeness (QED) is 0.167. The van der Waals surface area contributed by atoms with Crippen molar-refractivity contribution in [1.29, 1.82) is 0 Å². The van der Waals surface area contributed by atoms with Gasteiger partial charge >= 0.3 is 11.9 Å². The van der Waals surface area contributed by atoms with Crippen LogP contribution in [0.15, 0.2) is 24.3 Å². The Morgan fingerprint density at radius 3 is 1.94 bits per heavy atom. The van der Waals surface area contributed by atoms with Crippen LogP contribution in [0, 0.1) is 0 Å². The summed E-state index contributed by atoms with van der Waals surface area (Å²) < 4.78 is 0. The van der Waals surface area contributed by atoms with Crippen molar-refractivity contribution in [2.75, 3.05) is 12.0 Å². The molecule has 0 heterocycles. The lowest BCUT2D eigenvalue weighted by atomic mass is 10.0. The first-order chi connectivity index (χ1) is 15.9. The number of carbonyl (C=O) groups is 5. The molecule has 0 fully saturated rings. The molecule has 0 aliphatic carbocycles. The highest BCUT2D eigenvalue weighted by atomic mass is 32.2. The number of nitrogens with one attached hydrogen (secondary N) is 3. The summed E-state index contributed by atoms with van der Waals surface area (Å²) in [5, 5.41) is 34.7. The molecule has 0 aliphatic rings. The van der Waals surface area contributed by atoms with Crippen LogP contribution < -0.4 is 21.7 Å². The smallest absolute Gasteiger partial charge is 0.326 e. The standard InChI is InChI=1S/C21H30N4O8S/c1-11(22)18(29)24-15(9-12-3-5-13(26)6-4-12)20(31)23-14(7-8-34-2)19(30)25-16(21(32)33)10-17(27)28/h3-6,11,14-16,26H,7-10,22H2,1-2H3,(H,23,31)(H,24,29)(H,25,30)(H,27,28)(H,32,33). The number of aliphatic carboxylic acids is 2. The van der Waals surface area contributed by atoms with Crippen molar-refractivity contribution in [3.05, 3.63) is 29.8 Å². The fourth-order valence-corrected chi connectivity index (χ4v) is 3.28. The van der Waals surface area contributed by atoms with Crippen LogP contribution in [0.4, 0.5) is 0 Å². The highest BCUT2D eigenvalue weighted by Gasteiger charge is 2.30. The molecule has 1 rings (SSSR count). The van der Waals surface area contributed by atoms with Crippen LogP contribution in [-0.2, 0) is 30.4 Å². The van der Waals surface area contributed by atoms with Gasteiger partial charge in [0.25, 0.3) is 0 Å². The minimum absolute atomic E-state index is 0.0208. The molecule has 0 saturated carbocycles. The van der Waals surface area contributed by atoms with E-state index in [0.717, 1.165) is 0 Å². The van der Waals surface area contributed by atoms with E-state index in [9.17, 15) is 34.2 Å². The predicted molar refractivity (Wildman–Crippen MR) is 124 cm³/mol. The summed E-state index contributed by atoms with van der Waals surface area (Å²) in [6.45, 7) is 1.44. The third-order valence-corrected chi connectivity index (χ3v) is 5.30. The lowest BCUT2D eigenvalue weighted by molar-refractivity contribution is -0.147. The van der Waals surface area contributed by atoms with Crippen LogP contribution in [0.3, 0.4) is 0 Å². The topological polar surface area (TPSA) is 208 Å². The fourth-order valence-electron chi connectivity index (χ4n) is 2.80. The molecular weight excluding hydrogens is 468 g/mol. The molecule has 0 aromatic heterocycles. The van der Waals surface area contributed by atoms with Gasteiger partial charge < -0.3 is 37.0 Å². The summed E-state index contributed by atoms with van der Waals surface area (Å²) in [7, 11) is 0. The number of amides is 3. The van der Waals surface area contributed by atoms with Crippen molar-refractivity contribution >= 4 is 41.4 Å². The predicted octanol–water partition coefficient (Wildman–Crippen LogP) is -0.951. The minimum atomic E-state index is -1.68. The van der Waals surface area contributed by atoms with E-state index in [1.807, 2.05) is 0 Å². The van der Waals surface area contributed by atoms with Gasteiger partial charge in [-0.1, -0.05) is 12.1 Å². The van der Waals surface area contributed by atoms with Crippen molar-refractivity contribution in [3.63, 3.8) is 0 Å². The first-order valence-electron chi connectivity index (χ1n) is 10.3. The fraction of sp³-hybridized carbons (Fsp3) is 0.476.